The summed E-state index contributed by atoms with van der Waals surface area (Å²) in [6, 6.07) is 14.8. The maximum absolute atomic E-state index is 13.5. The van der Waals surface area contributed by atoms with Crippen LogP contribution in [0.2, 0.25) is 0 Å². The van der Waals surface area contributed by atoms with Gasteiger partial charge in [0, 0.05) is 12.1 Å². The van der Waals surface area contributed by atoms with E-state index in [4.69, 9.17) is 4.74 Å². The van der Waals surface area contributed by atoms with Crippen molar-refractivity contribution >= 4 is 29.4 Å². The van der Waals surface area contributed by atoms with Crippen LogP contribution in [0.15, 0.2) is 66.7 Å². The molecule has 0 aromatic heterocycles. The average Bonchev–Trinajstić information content (AvgIpc) is 3.53. The number of carbonyl (C=O) groups is 4. The number of esters is 1. The zero-order valence-electron chi connectivity index (χ0n) is 18.8. The number of fused-ring (bicyclic) bond motifs is 5. The Morgan fingerprint density at radius 1 is 0.971 bits per heavy atom. The molecular formula is C27H26N2O5. The fraction of sp³-hybridized carbons (Fsp3) is 0.333. The number of likely N-dealkylation sites (tertiary alicyclic amines) is 1. The van der Waals surface area contributed by atoms with Crippen molar-refractivity contribution in [2.75, 3.05) is 11.9 Å². The van der Waals surface area contributed by atoms with Gasteiger partial charge in [0.05, 0.1) is 24.0 Å². The summed E-state index contributed by atoms with van der Waals surface area (Å²) >= 11 is 0. The number of nitrogens with zero attached hydrogens (tertiary/aromatic N) is 1. The van der Waals surface area contributed by atoms with Gasteiger partial charge in [0.15, 0.2) is 0 Å². The number of allylic oxidation sites excluding steroid dienone is 2. The van der Waals surface area contributed by atoms with E-state index in [1.807, 2.05) is 42.5 Å². The number of anilines is 1. The quantitative estimate of drug-likeness (QED) is 0.391. The first-order valence-corrected chi connectivity index (χ1v) is 11.6. The Bertz CT molecular complexity index is 1130. The molecule has 3 amide bonds. The first kappa shape index (κ1) is 22.1. The van der Waals surface area contributed by atoms with Gasteiger partial charge in [-0.3, -0.25) is 19.3 Å². The lowest BCUT2D eigenvalue weighted by Gasteiger charge is -2.27. The second kappa shape index (κ2) is 8.89. The van der Waals surface area contributed by atoms with Crippen molar-refractivity contribution < 1.29 is 23.9 Å². The molecule has 3 aliphatic rings. The third-order valence-electron chi connectivity index (χ3n) is 7.05. The van der Waals surface area contributed by atoms with Gasteiger partial charge < -0.3 is 10.1 Å². The Morgan fingerprint density at radius 3 is 2.18 bits per heavy atom. The second-order valence-corrected chi connectivity index (χ2v) is 9.04. The maximum atomic E-state index is 13.5. The van der Waals surface area contributed by atoms with Crippen LogP contribution in [0.25, 0.3) is 0 Å². The molecule has 0 radical (unpaired) electrons. The molecule has 2 aliphatic carbocycles. The largest absolute Gasteiger partial charge is 0.462 e. The average molecular weight is 459 g/mol. The highest BCUT2D eigenvalue weighted by Crippen LogP contribution is 2.53. The predicted molar refractivity (Wildman–Crippen MR) is 125 cm³/mol. The Kier molecular flexibility index (Phi) is 5.77. The van der Waals surface area contributed by atoms with E-state index in [0.29, 0.717) is 11.3 Å². The van der Waals surface area contributed by atoms with E-state index in [9.17, 15) is 19.2 Å². The van der Waals surface area contributed by atoms with Gasteiger partial charge in [0.1, 0.15) is 6.04 Å². The number of hydrogen-bond acceptors (Lipinski definition) is 5. The number of nitrogens with one attached hydrogen (secondary N) is 1. The lowest BCUT2D eigenvalue weighted by atomic mass is 9.85. The predicted octanol–water partition coefficient (Wildman–Crippen LogP) is 3.22. The van der Waals surface area contributed by atoms with Crippen LogP contribution >= 0.6 is 0 Å². The fourth-order valence-corrected chi connectivity index (χ4v) is 5.50. The Morgan fingerprint density at radius 2 is 1.59 bits per heavy atom. The maximum Gasteiger partial charge on any atom is 0.338 e. The van der Waals surface area contributed by atoms with Gasteiger partial charge in [0.2, 0.25) is 17.7 Å². The Labute approximate surface area is 197 Å². The molecule has 5 atom stereocenters. The van der Waals surface area contributed by atoms with Gasteiger partial charge in [-0.2, -0.15) is 0 Å². The summed E-state index contributed by atoms with van der Waals surface area (Å²) in [6.45, 7) is 2.01. The molecule has 0 spiro atoms. The number of carbonyl (C=O) groups excluding carboxylic acids is 4. The molecule has 34 heavy (non-hydrogen) atoms. The van der Waals surface area contributed by atoms with Crippen LogP contribution in [0.1, 0.15) is 29.3 Å². The highest BCUT2D eigenvalue weighted by Gasteiger charge is 2.61. The molecule has 0 unspecified atom stereocenters. The van der Waals surface area contributed by atoms with Crippen LogP contribution in [0.5, 0.6) is 0 Å². The van der Waals surface area contributed by atoms with E-state index in [-0.39, 0.29) is 48.5 Å². The molecular weight excluding hydrogens is 432 g/mol. The summed E-state index contributed by atoms with van der Waals surface area (Å²) in [5.41, 5.74) is 1.71. The third kappa shape index (κ3) is 3.81. The van der Waals surface area contributed by atoms with Crippen LogP contribution in [0, 0.1) is 23.7 Å². The normalized spacial score (nSPS) is 25.4. The molecule has 7 heteroatoms. The van der Waals surface area contributed by atoms with Crippen LogP contribution in [0.3, 0.4) is 0 Å². The summed E-state index contributed by atoms with van der Waals surface area (Å²) in [5, 5.41) is 2.83. The first-order chi connectivity index (χ1) is 16.5. The zero-order chi connectivity index (χ0) is 23.8. The van der Waals surface area contributed by atoms with E-state index in [2.05, 4.69) is 5.32 Å². The lowest BCUT2D eigenvalue weighted by molar-refractivity contribution is -0.147. The van der Waals surface area contributed by atoms with Crippen LogP contribution in [-0.4, -0.2) is 41.2 Å². The van der Waals surface area contributed by atoms with Crippen molar-refractivity contribution in [2.24, 2.45) is 23.7 Å². The summed E-state index contributed by atoms with van der Waals surface area (Å²) in [6.07, 6.45) is 5.14. The summed E-state index contributed by atoms with van der Waals surface area (Å²) in [4.78, 5) is 53.3. The number of hydrogen-bond donors (Lipinski definition) is 1. The molecule has 7 nitrogen and oxygen atoms in total. The van der Waals surface area contributed by atoms with Crippen molar-refractivity contribution in [3.05, 3.63) is 77.9 Å². The summed E-state index contributed by atoms with van der Waals surface area (Å²) < 4.78 is 4.99. The minimum Gasteiger partial charge on any atom is -0.462 e. The smallest absolute Gasteiger partial charge is 0.338 e. The third-order valence-corrected chi connectivity index (χ3v) is 7.05. The first-order valence-electron chi connectivity index (χ1n) is 11.6. The highest BCUT2D eigenvalue weighted by atomic mass is 16.5. The number of imide groups is 1. The molecule has 174 valence electrons. The number of amides is 3. The van der Waals surface area contributed by atoms with Crippen LogP contribution in [0.4, 0.5) is 5.69 Å². The van der Waals surface area contributed by atoms with Crippen molar-refractivity contribution in [1.29, 1.82) is 0 Å². The van der Waals surface area contributed by atoms with Gasteiger partial charge in [0.25, 0.3) is 0 Å². The summed E-state index contributed by atoms with van der Waals surface area (Å²) in [7, 11) is 0. The fourth-order valence-electron chi connectivity index (χ4n) is 5.50. The van der Waals surface area contributed by atoms with E-state index in [0.717, 1.165) is 12.0 Å². The Balaban J connectivity index is 1.39. The van der Waals surface area contributed by atoms with E-state index < -0.39 is 17.9 Å². The Hall–Kier alpha value is -3.74. The number of rotatable bonds is 7. The molecule has 2 fully saturated rings. The number of benzene rings is 2. The molecule has 1 saturated heterocycles. The van der Waals surface area contributed by atoms with Gasteiger partial charge in [-0.15, -0.1) is 0 Å². The zero-order valence-corrected chi connectivity index (χ0v) is 18.8. The van der Waals surface area contributed by atoms with Gasteiger partial charge in [-0.25, -0.2) is 4.79 Å². The molecule has 5 rings (SSSR count). The van der Waals surface area contributed by atoms with Crippen LogP contribution in [-0.2, 0) is 25.5 Å². The van der Waals surface area contributed by atoms with Crippen molar-refractivity contribution in [3.8, 4) is 0 Å². The molecule has 1 heterocycles. The van der Waals surface area contributed by atoms with Crippen LogP contribution < -0.4 is 5.32 Å². The van der Waals surface area contributed by atoms with Crippen molar-refractivity contribution in [2.45, 2.75) is 25.8 Å². The summed E-state index contributed by atoms with van der Waals surface area (Å²) in [5.74, 6) is -1.95. The van der Waals surface area contributed by atoms with E-state index in [1.165, 1.54) is 4.90 Å². The molecule has 2 bridgehead atoms. The van der Waals surface area contributed by atoms with E-state index >= 15 is 0 Å². The molecule has 2 aromatic rings. The molecule has 1 N–H and O–H groups in total. The van der Waals surface area contributed by atoms with Gasteiger partial charge in [-0.1, -0.05) is 42.5 Å². The molecule has 2 aromatic carbocycles. The van der Waals surface area contributed by atoms with Crippen molar-refractivity contribution in [3.63, 3.8) is 0 Å². The van der Waals surface area contributed by atoms with Gasteiger partial charge >= 0.3 is 5.97 Å². The van der Waals surface area contributed by atoms with E-state index in [1.54, 1.807) is 31.2 Å². The SMILES string of the molecule is CCOC(=O)c1ccc(NC(=O)[C@@H](Cc2ccccc2)N2C(=O)[C@@H]3[C@H](C2=O)[C@H]2C=C[C@H]3C2)cc1. The molecule has 1 saturated carbocycles. The van der Waals surface area contributed by atoms with Crippen molar-refractivity contribution in [1.82, 2.24) is 4.90 Å². The minimum absolute atomic E-state index is 0.0762. The van der Waals surface area contributed by atoms with Gasteiger partial charge in [-0.05, 0) is 55.0 Å². The topological polar surface area (TPSA) is 92.8 Å². The standard InChI is InChI=1S/C27H26N2O5/c1-2-34-27(33)17-10-12-20(13-11-17)28-24(30)21(14-16-6-4-3-5-7-16)29-25(31)22-18-8-9-19(15-18)23(22)26(29)32/h3-13,18-19,21-23H,2,14-15H2,1H3,(H,28,30)/t18-,19-,21+,22-,23+/m0/s1. The lowest BCUT2D eigenvalue weighted by Crippen LogP contribution is -2.49. The highest BCUT2D eigenvalue weighted by molar-refractivity contribution is 6.11. The second-order valence-electron chi connectivity index (χ2n) is 9.04. The monoisotopic (exact) mass is 458 g/mol. The minimum atomic E-state index is -0.961. The number of ether oxygens (including phenoxy) is 1. The molecule has 1 aliphatic heterocycles.